The van der Waals surface area contributed by atoms with Gasteiger partial charge >= 0.3 is 5.97 Å². The lowest BCUT2D eigenvalue weighted by Gasteiger charge is -2.48. The molecule has 1 N–H and O–H groups in total. The molecule has 31 heavy (non-hydrogen) atoms. The van der Waals surface area contributed by atoms with E-state index in [2.05, 4.69) is 53.4 Å². The normalized spacial score (nSPS) is 29.1. The van der Waals surface area contributed by atoms with Gasteiger partial charge in [-0.15, -0.1) is 0 Å². The van der Waals surface area contributed by atoms with Crippen LogP contribution in [-0.4, -0.2) is 48.0 Å². The second-order valence-electron chi connectivity index (χ2n) is 9.07. The van der Waals surface area contributed by atoms with E-state index in [-0.39, 0.29) is 30.0 Å². The number of aliphatic hydroxyl groups excluding tert-OH is 1. The molecule has 1 spiro atoms. The van der Waals surface area contributed by atoms with Crippen molar-refractivity contribution >= 4 is 17.4 Å². The average Bonchev–Trinajstić information content (AvgIpc) is 3.35. The van der Waals surface area contributed by atoms with Crippen LogP contribution in [0.25, 0.3) is 0 Å². The maximum atomic E-state index is 12.9. The molecule has 1 saturated carbocycles. The van der Waals surface area contributed by atoms with Gasteiger partial charge in [-0.3, -0.25) is 14.7 Å². The van der Waals surface area contributed by atoms with Crippen molar-refractivity contribution in [3.63, 3.8) is 0 Å². The van der Waals surface area contributed by atoms with Crippen molar-refractivity contribution in [3.8, 4) is 0 Å². The Morgan fingerprint density at radius 2 is 1.97 bits per heavy atom. The van der Waals surface area contributed by atoms with Crippen molar-refractivity contribution in [1.29, 1.82) is 0 Å². The molecule has 5 heteroatoms. The number of likely N-dealkylation sites (tertiary alicyclic amines) is 1. The lowest BCUT2D eigenvalue weighted by atomic mass is 9.58. The quantitative estimate of drug-likeness (QED) is 0.724. The van der Waals surface area contributed by atoms with Crippen LogP contribution >= 0.6 is 0 Å². The first kappa shape index (κ1) is 20.4. The summed E-state index contributed by atoms with van der Waals surface area (Å²) in [7, 11) is 1.48. The third-order valence-electron chi connectivity index (χ3n) is 7.54. The predicted octanol–water partition coefficient (Wildman–Crippen LogP) is 3.87. The monoisotopic (exact) mass is 418 g/mol. The van der Waals surface area contributed by atoms with Crippen LogP contribution in [0.5, 0.6) is 0 Å². The first-order valence-electron chi connectivity index (χ1n) is 11.3. The molecule has 2 aromatic carbocycles. The Morgan fingerprint density at radius 3 is 2.74 bits per heavy atom. The fraction of sp³-hybridized carbons (Fsp3) is 0.462. The number of methoxy groups -OCH3 is 1. The summed E-state index contributed by atoms with van der Waals surface area (Å²) in [5, 5.41) is 9.57. The molecular weight excluding hydrogens is 388 g/mol. The molecule has 3 aliphatic rings. The molecule has 2 fully saturated rings. The van der Waals surface area contributed by atoms with E-state index < -0.39 is 0 Å². The number of para-hydroxylation sites is 1. The van der Waals surface area contributed by atoms with Crippen LogP contribution in [0.1, 0.15) is 36.8 Å². The highest BCUT2D eigenvalue weighted by Gasteiger charge is 2.62. The highest BCUT2D eigenvalue weighted by atomic mass is 16.5. The highest BCUT2D eigenvalue weighted by Crippen LogP contribution is 2.58. The van der Waals surface area contributed by atoms with Crippen molar-refractivity contribution in [2.24, 2.45) is 16.8 Å². The Morgan fingerprint density at radius 1 is 1.19 bits per heavy atom. The third-order valence-corrected chi connectivity index (χ3v) is 7.54. The first-order valence-corrected chi connectivity index (χ1v) is 11.3. The van der Waals surface area contributed by atoms with Crippen molar-refractivity contribution in [3.05, 3.63) is 65.7 Å². The van der Waals surface area contributed by atoms with E-state index in [1.54, 1.807) is 0 Å². The zero-order valence-corrected chi connectivity index (χ0v) is 18.0. The van der Waals surface area contributed by atoms with Gasteiger partial charge in [-0.1, -0.05) is 48.5 Å². The van der Waals surface area contributed by atoms with Crippen LogP contribution in [0.4, 0.5) is 5.69 Å². The minimum absolute atomic E-state index is 0.176. The van der Waals surface area contributed by atoms with Gasteiger partial charge in [0.1, 0.15) is 0 Å². The number of nitrogens with zero attached hydrogens (tertiary/aromatic N) is 2. The molecule has 2 aliphatic heterocycles. The second kappa shape index (κ2) is 8.21. The number of carbonyl (C=O) groups is 1. The highest BCUT2D eigenvalue weighted by molar-refractivity contribution is 6.13. The lowest BCUT2D eigenvalue weighted by molar-refractivity contribution is -0.144. The van der Waals surface area contributed by atoms with Gasteiger partial charge in [-0.05, 0) is 48.8 Å². The van der Waals surface area contributed by atoms with Crippen LogP contribution in [0.2, 0.25) is 0 Å². The summed E-state index contributed by atoms with van der Waals surface area (Å²) < 4.78 is 5.23. The van der Waals surface area contributed by atoms with Crippen molar-refractivity contribution in [1.82, 2.24) is 4.90 Å². The molecule has 4 unspecified atom stereocenters. The Balaban J connectivity index is 1.61. The predicted molar refractivity (Wildman–Crippen MR) is 120 cm³/mol. The third kappa shape index (κ3) is 3.22. The van der Waals surface area contributed by atoms with Crippen LogP contribution in [0, 0.1) is 11.8 Å². The zero-order valence-electron chi connectivity index (χ0n) is 18.0. The lowest BCUT2D eigenvalue weighted by Crippen LogP contribution is -2.58. The number of carbonyl (C=O) groups excluding carboxylic acids is 1. The summed E-state index contributed by atoms with van der Waals surface area (Å²) in [4.78, 5) is 20.5. The SMILES string of the molecule is COC(=O)C1CC(CCCO)C2N(Cc3ccccc3)CCC23C1=Nc1ccccc13. The number of benzene rings is 2. The van der Waals surface area contributed by atoms with E-state index in [9.17, 15) is 9.90 Å². The average molecular weight is 419 g/mol. The van der Waals surface area contributed by atoms with E-state index in [1.807, 2.05) is 6.07 Å². The Bertz CT molecular complexity index is 989. The molecule has 2 aromatic rings. The molecule has 0 amide bonds. The van der Waals surface area contributed by atoms with Crippen LogP contribution < -0.4 is 0 Å². The Labute approximate surface area is 183 Å². The number of fused-ring (bicyclic) bond motifs is 1. The number of aliphatic hydroxyl groups is 1. The van der Waals surface area contributed by atoms with Gasteiger partial charge in [0.2, 0.25) is 0 Å². The number of rotatable bonds is 6. The molecule has 0 aromatic heterocycles. The maximum Gasteiger partial charge on any atom is 0.314 e. The zero-order chi connectivity index (χ0) is 21.4. The molecule has 4 atom stereocenters. The van der Waals surface area contributed by atoms with E-state index in [0.717, 1.165) is 50.2 Å². The fourth-order valence-corrected chi connectivity index (χ4v) is 6.42. The van der Waals surface area contributed by atoms with Gasteiger partial charge < -0.3 is 9.84 Å². The van der Waals surface area contributed by atoms with Gasteiger partial charge in [0, 0.05) is 31.4 Å². The molecule has 2 heterocycles. The van der Waals surface area contributed by atoms with E-state index in [1.165, 1.54) is 18.2 Å². The minimum Gasteiger partial charge on any atom is -0.469 e. The molecule has 162 valence electrons. The standard InChI is InChI=1S/C26H30N2O3/c1-31-25(30)20-16-19(10-7-15-29)24-26(21-11-5-6-12-22(21)27-23(20)26)13-14-28(24)17-18-8-3-2-4-9-18/h2-6,8-9,11-12,19-20,24,29H,7,10,13-17H2,1H3. The summed E-state index contributed by atoms with van der Waals surface area (Å²) in [6, 6.07) is 19.3. The molecule has 5 rings (SSSR count). The molecule has 0 bridgehead atoms. The van der Waals surface area contributed by atoms with Gasteiger partial charge in [0.25, 0.3) is 0 Å². The van der Waals surface area contributed by atoms with Gasteiger partial charge in [0.05, 0.1) is 24.1 Å². The van der Waals surface area contributed by atoms with Gasteiger partial charge in [-0.25, -0.2) is 0 Å². The molecule has 1 aliphatic carbocycles. The van der Waals surface area contributed by atoms with E-state index >= 15 is 0 Å². The fourth-order valence-electron chi connectivity index (χ4n) is 6.42. The molecule has 0 radical (unpaired) electrons. The first-order chi connectivity index (χ1) is 15.2. The van der Waals surface area contributed by atoms with E-state index in [4.69, 9.17) is 9.73 Å². The summed E-state index contributed by atoms with van der Waals surface area (Å²) in [5.74, 6) is -0.193. The number of aliphatic imine (C=N–C) groups is 1. The summed E-state index contributed by atoms with van der Waals surface area (Å²) in [6.07, 6.45) is 3.34. The van der Waals surface area contributed by atoms with Crippen molar-refractivity contribution in [2.75, 3.05) is 20.3 Å². The largest absolute Gasteiger partial charge is 0.469 e. The van der Waals surface area contributed by atoms with Gasteiger partial charge in [-0.2, -0.15) is 0 Å². The molecular formula is C26H30N2O3. The number of ether oxygens (including phenoxy) is 1. The topological polar surface area (TPSA) is 62.1 Å². The Kier molecular flexibility index (Phi) is 5.40. The van der Waals surface area contributed by atoms with Crippen LogP contribution in [0.3, 0.4) is 0 Å². The van der Waals surface area contributed by atoms with Crippen molar-refractivity contribution in [2.45, 2.75) is 43.7 Å². The van der Waals surface area contributed by atoms with Crippen molar-refractivity contribution < 1.29 is 14.6 Å². The van der Waals surface area contributed by atoms with E-state index in [0.29, 0.717) is 5.92 Å². The summed E-state index contributed by atoms with van der Waals surface area (Å²) in [6.45, 7) is 2.03. The smallest absolute Gasteiger partial charge is 0.314 e. The summed E-state index contributed by atoms with van der Waals surface area (Å²) in [5.41, 5.74) is 4.32. The number of esters is 1. The number of hydrogen-bond acceptors (Lipinski definition) is 5. The Hall–Kier alpha value is -2.50. The minimum atomic E-state index is -0.311. The number of hydrogen-bond donors (Lipinski definition) is 1. The molecule has 5 nitrogen and oxygen atoms in total. The second-order valence-corrected chi connectivity index (χ2v) is 9.07. The van der Waals surface area contributed by atoms with Gasteiger partial charge in [0.15, 0.2) is 0 Å². The molecule has 1 saturated heterocycles. The maximum absolute atomic E-state index is 12.9. The van der Waals surface area contributed by atoms with Crippen LogP contribution in [-0.2, 0) is 21.5 Å². The van der Waals surface area contributed by atoms with Crippen LogP contribution in [0.15, 0.2) is 59.6 Å². The summed E-state index contributed by atoms with van der Waals surface area (Å²) >= 11 is 0.